The second kappa shape index (κ2) is 8.77. The van der Waals surface area contributed by atoms with Gasteiger partial charge in [-0.2, -0.15) is 0 Å². The second-order valence-corrected chi connectivity index (χ2v) is 8.16. The van der Waals surface area contributed by atoms with E-state index < -0.39 is 15.9 Å². The predicted octanol–water partition coefficient (Wildman–Crippen LogP) is 1.94. The molecule has 0 fully saturated rings. The number of anilines is 1. The van der Waals surface area contributed by atoms with E-state index in [1.807, 2.05) is 0 Å². The number of nitrogens with one attached hydrogen (secondary N) is 2. The zero-order valence-electron chi connectivity index (χ0n) is 14.3. The van der Waals surface area contributed by atoms with Gasteiger partial charge in [-0.15, -0.1) is 11.3 Å². The van der Waals surface area contributed by atoms with E-state index in [-0.39, 0.29) is 34.7 Å². The van der Waals surface area contributed by atoms with Gasteiger partial charge in [0.25, 0.3) is 15.9 Å². The fourth-order valence-corrected chi connectivity index (χ4v) is 4.11. The fourth-order valence-electron chi connectivity index (χ4n) is 2.04. The zero-order valence-corrected chi connectivity index (χ0v) is 15.9. The third kappa shape index (κ3) is 5.27. The van der Waals surface area contributed by atoms with Gasteiger partial charge in [0.05, 0.1) is 12.0 Å². The summed E-state index contributed by atoms with van der Waals surface area (Å²) in [5, 5.41) is 2.76. The first-order chi connectivity index (χ1) is 12.3. The largest absolute Gasteiger partial charge is 0.469 e. The van der Waals surface area contributed by atoms with E-state index in [1.54, 1.807) is 25.1 Å². The fraction of sp³-hybridized carbons (Fsp3) is 0.312. The van der Waals surface area contributed by atoms with E-state index in [0.29, 0.717) is 11.3 Å². The molecule has 1 aromatic heterocycles. The summed E-state index contributed by atoms with van der Waals surface area (Å²) in [6.07, 6.45) is 0.643. The van der Waals surface area contributed by atoms with Crippen molar-refractivity contribution in [3.05, 3.63) is 40.9 Å². The normalized spacial score (nSPS) is 11.0. The molecule has 26 heavy (non-hydrogen) atoms. The molecular formula is C16H19N3O5S2. The molecule has 1 aromatic carbocycles. The van der Waals surface area contributed by atoms with Crippen LogP contribution in [0.1, 0.15) is 28.2 Å². The molecule has 140 valence electrons. The molecule has 0 aliphatic heterocycles. The number of ether oxygens (including phenoxy) is 1. The Kier molecular flexibility index (Phi) is 6.70. The lowest BCUT2D eigenvalue weighted by molar-refractivity contribution is -0.140. The molecular weight excluding hydrogens is 378 g/mol. The Morgan fingerprint density at radius 1 is 1.23 bits per heavy atom. The minimum Gasteiger partial charge on any atom is -0.469 e. The van der Waals surface area contributed by atoms with Crippen molar-refractivity contribution >= 4 is 38.4 Å². The van der Waals surface area contributed by atoms with Crippen molar-refractivity contribution in [2.45, 2.75) is 24.7 Å². The van der Waals surface area contributed by atoms with E-state index in [2.05, 4.69) is 19.8 Å². The highest BCUT2D eigenvalue weighted by Crippen LogP contribution is 2.24. The molecule has 0 aliphatic rings. The average molecular weight is 397 g/mol. The third-order valence-electron chi connectivity index (χ3n) is 3.36. The summed E-state index contributed by atoms with van der Waals surface area (Å²) in [6, 6.07) is 7.90. The van der Waals surface area contributed by atoms with Crippen molar-refractivity contribution in [3.8, 4) is 0 Å². The van der Waals surface area contributed by atoms with Crippen LogP contribution in [0.25, 0.3) is 0 Å². The van der Waals surface area contributed by atoms with Crippen LogP contribution in [-0.2, 0) is 19.6 Å². The number of esters is 1. The number of sulfonamides is 1. The van der Waals surface area contributed by atoms with Gasteiger partial charge >= 0.3 is 5.97 Å². The molecule has 0 atom stereocenters. The van der Waals surface area contributed by atoms with Crippen LogP contribution in [0.5, 0.6) is 0 Å². The van der Waals surface area contributed by atoms with Crippen molar-refractivity contribution in [2.75, 3.05) is 18.4 Å². The summed E-state index contributed by atoms with van der Waals surface area (Å²) >= 11 is 1.08. The van der Waals surface area contributed by atoms with Gasteiger partial charge in [-0.05, 0) is 25.5 Å². The summed E-state index contributed by atoms with van der Waals surface area (Å²) in [5.41, 5.74) is 0.152. The number of benzene rings is 1. The number of aryl methyl sites for hydroxylation is 1. The number of methoxy groups -OCH3 is 1. The van der Waals surface area contributed by atoms with Crippen molar-refractivity contribution < 1.29 is 22.7 Å². The Morgan fingerprint density at radius 2 is 1.92 bits per heavy atom. The number of hydrogen-bond acceptors (Lipinski definition) is 7. The number of aromatic nitrogens is 1. The first-order valence-electron chi connectivity index (χ1n) is 7.74. The first kappa shape index (κ1) is 19.9. The van der Waals surface area contributed by atoms with Crippen LogP contribution < -0.4 is 10.0 Å². The molecule has 0 saturated heterocycles. The number of carbonyl (C=O) groups is 2. The van der Waals surface area contributed by atoms with Gasteiger partial charge in [0.1, 0.15) is 5.69 Å². The Hall–Kier alpha value is -2.46. The first-order valence-corrected chi connectivity index (χ1v) is 10.0. The lowest BCUT2D eigenvalue weighted by Gasteiger charge is -2.04. The van der Waals surface area contributed by atoms with Gasteiger partial charge in [-0.3, -0.25) is 14.3 Å². The highest BCUT2D eigenvalue weighted by Gasteiger charge is 2.20. The third-order valence-corrected chi connectivity index (χ3v) is 5.73. The maximum atomic E-state index is 12.3. The van der Waals surface area contributed by atoms with Gasteiger partial charge < -0.3 is 10.1 Å². The van der Waals surface area contributed by atoms with Crippen LogP contribution in [-0.4, -0.2) is 38.9 Å². The summed E-state index contributed by atoms with van der Waals surface area (Å²) in [6.45, 7) is 1.97. The van der Waals surface area contributed by atoms with Crippen LogP contribution in [0.15, 0.2) is 35.2 Å². The number of hydrogen-bond donors (Lipinski definition) is 2. The zero-order chi connectivity index (χ0) is 19.2. The smallest absolute Gasteiger partial charge is 0.305 e. The maximum Gasteiger partial charge on any atom is 0.305 e. The van der Waals surface area contributed by atoms with E-state index in [1.165, 1.54) is 19.2 Å². The lowest BCUT2D eigenvalue weighted by Crippen LogP contribution is -2.26. The number of nitrogens with zero attached hydrogens (tertiary/aromatic N) is 1. The van der Waals surface area contributed by atoms with Crippen molar-refractivity contribution in [1.82, 2.24) is 10.3 Å². The molecule has 2 aromatic rings. The monoisotopic (exact) mass is 397 g/mol. The standard InChI is InChI=1S/C16H19N3O5S2/c1-11-14(15(21)17-10-6-9-13(20)24-2)18-16(25-11)19-26(22,23)12-7-4-3-5-8-12/h3-5,7-8H,6,9-10H2,1-2H3,(H,17,21)(H,18,19). The van der Waals surface area contributed by atoms with Crippen LogP contribution in [0, 0.1) is 6.92 Å². The van der Waals surface area contributed by atoms with Crippen LogP contribution in [0.2, 0.25) is 0 Å². The highest BCUT2D eigenvalue weighted by atomic mass is 32.2. The SMILES string of the molecule is COC(=O)CCCNC(=O)c1nc(NS(=O)(=O)c2ccccc2)sc1C. The Labute approximate surface area is 155 Å². The summed E-state index contributed by atoms with van der Waals surface area (Å²) in [7, 11) is -2.46. The van der Waals surface area contributed by atoms with Crippen LogP contribution in [0.4, 0.5) is 5.13 Å². The van der Waals surface area contributed by atoms with Gasteiger partial charge in [-0.25, -0.2) is 13.4 Å². The summed E-state index contributed by atoms with van der Waals surface area (Å²) in [5.74, 6) is -0.768. The molecule has 1 heterocycles. The van der Waals surface area contributed by atoms with Gasteiger partial charge in [0.2, 0.25) is 0 Å². The molecule has 0 unspecified atom stereocenters. The molecule has 2 rings (SSSR count). The Balaban J connectivity index is 2.00. The van der Waals surface area contributed by atoms with E-state index in [4.69, 9.17) is 0 Å². The molecule has 10 heteroatoms. The number of thiazole rings is 1. The average Bonchev–Trinajstić information content (AvgIpc) is 2.98. The Bertz CT molecular complexity index is 879. The Morgan fingerprint density at radius 3 is 2.58 bits per heavy atom. The van der Waals surface area contributed by atoms with Crippen molar-refractivity contribution in [1.29, 1.82) is 0 Å². The van der Waals surface area contributed by atoms with Crippen LogP contribution in [0.3, 0.4) is 0 Å². The van der Waals surface area contributed by atoms with E-state index in [0.717, 1.165) is 11.3 Å². The molecule has 8 nitrogen and oxygen atoms in total. The number of carbonyl (C=O) groups excluding carboxylic acids is 2. The molecule has 0 spiro atoms. The molecule has 0 bridgehead atoms. The number of amides is 1. The lowest BCUT2D eigenvalue weighted by atomic mass is 10.3. The number of rotatable bonds is 8. The van der Waals surface area contributed by atoms with Gasteiger partial charge in [-0.1, -0.05) is 18.2 Å². The molecule has 0 aliphatic carbocycles. The summed E-state index contributed by atoms with van der Waals surface area (Å²) < 4.78 is 31.5. The van der Waals surface area contributed by atoms with Crippen molar-refractivity contribution in [2.24, 2.45) is 0 Å². The minimum atomic E-state index is -3.76. The highest BCUT2D eigenvalue weighted by molar-refractivity contribution is 7.93. The topological polar surface area (TPSA) is 114 Å². The predicted molar refractivity (Wildman–Crippen MR) is 97.7 cm³/mol. The minimum absolute atomic E-state index is 0.113. The van der Waals surface area contributed by atoms with Crippen molar-refractivity contribution in [3.63, 3.8) is 0 Å². The van der Waals surface area contributed by atoms with Gasteiger partial charge in [0, 0.05) is 17.8 Å². The van der Waals surface area contributed by atoms with Gasteiger partial charge in [0.15, 0.2) is 5.13 Å². The van der Waals surface area contributed by atoms with E-state index in [9.17, 15) is 18.0 Å². The summed E-state index contributed by atoms with van der Waals surface area (Å²) in [4.78, 5) is 28.0. The quantitative estimate of drug-likeness (QED) is 0.520. The van der Waals surface area contributed by atoms with Crippen LogP contribution >= 0.6 is 11.3 Å². The maximum absolute atomic E-state index is 12.3. The molecule has 2 N–H and O–H groups in total. The van der Waals surface area contributed by atoms with E-state index >= 15 is 0 Å². The molecule has 0 saturated carbocycles. The second-order valence-electron chi connectivity index (χ2n) is 5.28. The molecule has 1 amide bonds. The molecule has 0 radical (unpaired) electrons.